The van der Waals surface area contributed by atoms with Gasteiger partial charge in [0.2, 0.25) is 0 Å². The number of anilines is 2. The van der Waals surface area contributed by atoms with Crippen LogP contribution in [-0.4, -0.2) is 46.2 Å². The van der Waals surface area contributed by atoms with E-state index in [0.717, 1.165) is 30.5 Å². The Balaban J connectivity index is 1.57. The number of nitrogen functional groups attached to an aromatic ring is 1. The summed E-state index contributed by atoms with van der Waals surface area (Å²) >= 11 is 6.98. The van der Waals surface area contributed by atoms with Crippen molar-refractivity contribution < 1.29 is 9.18 Å². The minimum Gasteiger partial charge on any atom is -0.398 e. The topological polar surface area (TPSA) is 113 Å². The van der Waals surface area contributed by atoms with Crippen LogP contribution in [0.1, 0.15) is 52.6 Å². The number of nitrogens with zero attached hydrogens (tertiary/aromatic N) is 5. The number of nitrogens with two attached hydrogens (primary N) is 1. The van der Waals surface area contributed by atoms with Crippen LogP contribution in [0.2, 0.25) is 5.02 Å². The van der Waals surface area contributed by atoms with E-state index in [1.807, 2.05) is 11.6 Å². The first kappa shape index (κ1) is 23.1. The van der Waals surface area contributed by atoms with Crippen LogP contribution in [0, 0.1) is 24.1 Å². The number of carbonyl (C=O) groups excluding carboxylic acids is 1. The molecule has 180 valence electrons. The van der Waals surface area contributed by atoms with Crippen LogP contribution >= 0.6 is 11.6 Å². The van der Waals surface area contributed by atoms with E-state index in [1.165, 1.54) is 23.2 Å². The van der Waals surface area contributed by atoms with Crippen LogP contribution < -0.4 is 11.1 Å². The normalized spacial score (nSPS) is 20.5. The van der Waals surface area contributed by atoms with Gasteiger partial charge in [-0.05, 0) is 44.4 Å². The SMILES string of the molecule is Cc1cc(C#N)nn1[C@H]1CC[C@@]2(CNc3ncc(-c4ccc(N)c(C(=O)N(C)C)c4F)c(Cl)c32)C1. The fourth-order valence-corrected chi connectivity index (χ4v) is 5.92. The third-order valence-electron chi connectivity index (χ3n) is 7.19. The summed E-state index contributed by atoms with van der Waals surface area (Å²) in [6, 6.07) is 7.06. The molecule has 8 nitrogen and oxygen atoms in total. The molecule has 1 amide bonds. The van der Waals surface area contributed by atoms with Crippen LogP contribution in [0.15, 0.2) is 24.4 Å². The van der Waals surface area contributed by atoms with Crippen molar-refractivity contribution in [3.8, 4) is 17.2 Å². The average molecular weight is 494 g/mol. The van der Waals surface area contributed by atoms with E-state index in [2.05, 4.69) is 21.5 Å². The van der Waals surface area contributed by atoms with Crippen LogP contribution in [0.25, 0.3) is 11.1 Å². The zero-order valence-corrected chi connectivity index (χ0v) is 20.4. The Bertz CT molecular complexity index is 1410. The van der Waals surface area contributed by atoms with E-state index in [-0.39, 0.29) is 28.3 Å². The maximum Gasteiger partial charge on any atom is 0.258 e. The van der Waals surface area contributed by atoms with E-state index in [0.29, 0.717) is 28.6 Å². The number of nitrogens with one attached hydrogen (secondary N) is 1. The van der Waals surface area contributed by atoms with Crippen molar-refractivity contribution in [3.63, 3.8) is 0 Å². The molecular formula is C25H25ClFN7O. The first-order valence-corrected chi connectivity index (χ1v) is 11.7. The number of halogens is 2. The molecule has 0 unspecified atom stereocenters. The van der Waals surface area contributed by atoms with Gasteiger partial charge >= 0.3 is 0 Å². The molecule has 3 aromatic rings. The molecule has 0 saturated heterocycles. The summed E-state index contributed by atoms with van der Waals surface area (Å²) in [5.41, 5.74) is 8.35. The fourth-order valence-electron chi connectivity index (χ4n) is 5.48. The Labute approximate surface area is 207 Å². The smallest absolute Gasteiger partial charge is 0.258 e. The predicted octanol–water partition coefficient (Wildman–Crippen LogP) is 4.29. The lowest BCUT2D eigenvalue weighted by atomic mass is 9.80. The molecule has 3 heterocycles. The number of hydrogen-bond acceptors (Lipinski definition) is 6. The summed E-state index contributed by atoms with van der Waals surface area (Å²) in [5.74, 6) is -0.544. The van der Waals surface area contributed by atoms with Gasteiger partial charge in [-0.25, -0.2) is 9.37 Å². The van der Waals surface area contributed by atoms with Crippen molar-refractivity contribution in [1.82, 2.24) is 19.7 Å². The van der Waals surface area contributed by atoms with Gasteiger partial charge in [-0.1, -0.05) is 11.6 Å². The first-order valence-electron chi connectivity index (χ1n) is 11.4. The Morgan fingerprint density at radius 2 is 2.17 bits per heavy atom. The highest BCUT2D eigenvalue weighted by Crippen LogP contribution is 2.54. The molecule has 1 fully saturated rings. The standard InChI is InChI=1S/C25H25ClFN7O/c1-13-8-14(10-28)32-34(13)15-6-7-25(9-15)12-31-23-20(25)21(26)17(11-30-23)16-4-5-18(29)19(22(16)27)24(35)33(2)3/h4-5,8,11,15H,6-7,9,12,29H2,1-3H3,(H,30,31)/t15-,25-/m0/s1. The number of amides is 1. The number of pyridine rings is 1. The molecule has 1 aromatic carbocycles. The van der Waals surface area contributed by atoms with Crippen LogP contribution in [0.3, 0.4) is 0 Å². The van der Waals surface area contributed by atoms with Crippen molar-refractivity contribution in [2.24, 2.45) is 0 Å². The average Bonchev–Trinajstić information content (AvgIpc) is 3.52. The minimum absolute atomic E-state index is 0.0679. The highest BCUT2D eigenvalue weighted by atomic mass is 35.5. The number of hydrogen-bond donors (Lipinski definition) is 2. The third-order valence-corrected chi connectivity index (χ3v) is 7.58. The van der Waals surface area contributed by atoms with Crippen molar-refractivity contribution in [2.75, 3.05) is 31.7 Å². The molecule has 5 rings (SSSR count). The second-order valence-electron chi connectivity index (χ2n) is 9.56. The summed E-state index contributed by atoms with van der Waals surface area (Å²) in [7, 11) is 3.09. The van der Waals surface area contributed by atoms with Crippen LogP contribution in [0.5, 0.6) is 0 Å². The van der Waals surface area contributed by atoms with Gasteiger partial charge in [0.1, 0.15) is 17.7 Å². The number of fused-ring (bicyclic) bond motifs is 2. The second kappa shape index (κ2) is 8.24. The lowest BCUT2D eigenvalue weighted by Crippen LogP contribution is -2.26. The van der Waals surface area contributed by atoms with Gasteiger partial charge in [0.05, 0.1) is 16.6 Å². The minimum atomic E-state index is -0.715. The molecule has 35 heavy (non-hydrogen) atoms. The molecular weight excluding hydrogens is 469 g/mol. The Morgan fingerprint density at radius 3 is 2.86 bits per heavy atom. The molecule has 2 atom stereocenters. The molecule has 1 aliphatic heterocycles. The van der Waals surface area contributed by atoms with Crippen molar-refractivity contribution in [1.29, 1.82) is 5.26 Å². The Morgan fingerprint density at radius 1 is 1.40 bits per heavy atom. The monoisotopic (exact) mass is 493 g/mol. The molecule has 1 aliphatic carbocycles. The van der Waals surface area contributed by atoms with Gasteiger partial charge in [-0.2, -0.15) is 10.4 Å². The molecule has 2 aliphatic rings. The molecule has 1 spiro atoms. The highest BCUT2D eigenvalue weighted by molar-refractivity contribution is 6.34. The van der Waals surface area contributed by atoms with E-state index >= 15 is 4.39 Å². The van der Waals surface area contributed by atoms with Crippen LogP contribution in [0.4, 0.5) is 15.9 Å². The molecule has 0 radical (unpaired) electrons. The zero-order chi connectivity index (χ0) is 25.1. The van der Waals surface area contributed by atoms with E-state index < -0.39 is 11.7 Å². The maximum atomic E-state index is 15.6. The largest absolute Gasteiger partial charge is 0.398 e. The Kier molecular flexibility index (Phi) is 5.44. The fraction of sp³-hybridized carbons (Fsp3) is 0.360. The molecule has 2 aromatic heterocycles. The highest BCUT2D eigenvalue weighted by Gasteiger charge is 2.48. The Hall–Kier alpha value is -3.64. The van der Waals surface area contributed by atoms with Crippen molar-refractivity contribution in [3.05, 3.63) is 57.8 Å². The summed E-state index contributed by atoms with van der Waals surface area (Å²) in [6.07, 6.45) is 4.01. The zero-order valence-electron chi connectivity index (χ0n) is 19.7. The summed E-state index contributed by atoms with van der Waals surface area (Å²) in [6.45, 7) is 2.61. The van der Waals surface area contributed by atoms with Gasteiger partial charge in [0, 0.05) is 60.3 Å². The van der Waals surface area contributed by atoms with E-state index in [1.54, 1.807) is 20.2 Å². The number of aryl methyl sites for hydroxylation is 1. The maximum absolute atomic E-state index is 15.6. The predicted molar refractivity (Wildman–Crippen MR) is 132 cm³/mol. The number of aromatic nitrogens is 3. The summed E-state index contributed by atoms with van der Waals surface area (Å²) in [4.78, 5) is 18.4. The molecule has 0 bridgehead atoms. The van der Waals surface area contributed by atoms with Gasteiger partial charge < -0.3 is 16.0 Å². The summed E-state index contributed by atoms with van der Waals surface area (Å²) < 4.78 is 17.6. The molecule has 3 N–H and O–H groups in total. The molecule has 10 heteroatoms. The summed E-state index contributed by atoms with van der Waals surface area (Å²) in [5, 5.41) is 17.5. The van der Waals surface area contributed by atoms with Crippen molar-refractivity contribution in [2.45, 2.75) is 37.6 Å². The lowest BCUT2D eigenvalue weighted by Gasteiger charge is -2.25. The van der Waals surface area contributed by atoms with E-state index in [4.69, 9.17) is 17.3 Å². The second-order valence-corrected chi connectivity index (χ2v) is 9.94. The van der Waals surface area contributed by atoms with E-state index in [9.17, 15) is 10.1 Å². The van der Waals surface area contributed by atoms with Gasteiger partial charge in [0.15, 0.2) is 5.69 Å². The van der Waals surface area contributed by atoms with Crippen LogP contribution in [-0.2, 0) is 5.41 Å². The quantitative estimate of drug-likeness (QED) is 0.526. The first-order chi connectivity index (χ1) is 16.7. The number of rotatable bonds is 3. The lowest BCUT2D eigenvalue weighted by molar-refractivity contribution is 0.0824. The van der Waals surface area contributed by atoms with Crippen molar-refractivity contribution >= 4 is 29.0 Å². The molecule has 1 saturated carbocycles. The van der Waals surface area contributed by atoms with Gasteiger partial charge in [-0.3, -0.25) is 9.48 Å². The third kappa shape index (κ3) is 3.51. The van der Waals surface area contributed by atoms with Gasteiger partial charge in [-0.15, -0.1) is 0 Å². The number of benzene rings is 1. The number of nitriles is 1. The number of carbonyl (C=O) groups is 1. The van der Waals surface area contributed by atoms with Gasteiger partial charge in [0.25, 0.3) is 5.91 Å².